The predicted octanol–water partition coefficient (Wildman–Crippen LogP) is 2.99. The summed E-state index contributed by atoms with van der Waals surface area (Å²) in [6.07, 6.45) is 5.04. The number of para-hydroxylation sites is 1. The Hall–Kier alpha value is -2.99. The van der Waals surface area contributed by atoms with Gasteiger partial charge in [0.2, 0.25) is 0 Å². The molecule has 1 unspecified atom stereocenters. The lowest BCUT2D eigenvalue weighted by atomic mass is 10.1. The summed E-state index contributed by atoms with van der Waals surface area (Å²) in [5.74, 6) is -0.0850. The average Bonchev–Trinajstić information content (AvgIpc) is 3.29. The van der Waals surface area contributed by atoms with E-state index in [9.17, 15) is 9.59 Å². The van der Waals surface area contributed by atoms with Crippen LogP contribution in [0.1, 0.15) is 36.5 Å². The van der Waals surface area contributed by atoms with Gasteiger partial charge in [-0.2, -0.15) is 0 Å². The molecule has 1 atom stereocenters. The Morgan fingerprint density at radius 1 is 1.10 bits per heavy atom. The molecule has 1 saturated heterocycles. The highest BCUT2D eigenvalue weighted by Gasteiger charge is 2.21. The number of nitrogens with one attached hydrogen (secondary N) is 1. The Morgan fingerprint density at radius 2 is 1.83 bits per heavy atom. The van der Waals surface area contributed by atoms with Crippen LogP contribution in [0.4, 0.5) is 0 Å². The Balaban J connectivity index is 1.47. The second kappa shape index (κ2) is 8.57. The molecular formula is C23H26N4O2. The van der Waals surface area contributed by atoms with Gasteiger partial charge in [0.15, 0.2) is 0 Å². The molecule has 1 N–H and O–H groups in total. The molecule has 3 aromatic rings. The molecule has 0 spiro atoms. The van der Waals surface area contributed by atoms with Crippen LogP contribution >= 0.6 is 0 Å². The molecule has 1 aliphatic heterocycles. The van der Waals surface area contributed by atoms with Gasteiger partial charge in [0, 0.05) is 18.2 Å². The van der Waals surface area contributed by atoms with Crippen molar-refractivity contribution in [2.75, 3.05) is 19.6 Å². The van der Waals surface area contributed by atoms with E-state index >= 15 is 0 Å². The first-order valence-electron chi connectivity index (χ1n) is 10.3. The molecule has 1 fully saturated rings. The zero-order chi connectivity index (χ0) is 20.2. The third kappa shape index (κ3) is 4.07. The van der Waals surface area contributed by atoms with E-state index in [1.54, 1.807) is 30.3 Å². The van der Waals surface area contributed by atoms with E-state index in [0.29, 0.717) is 34.7 Å². The van der Waals surface area contributed by atoms with Gasteiger partial charge in [0.25, 0.3) is 11.5 Å². The average molecular weight is 390 g/mol. The molecule has 0 radical (unpaired) electrons. The third-order valence-electron chi connectivity index (χ3n) is 5.70. The number of rotatable bonds is 6. The van der Waals surface area contributed by atoms with Gasteiger partial charge in [-0.15, -0.1) is 0 Å². The molecule has 1 aliphatic rings. The maximum atomic E-state index is 12.7. The van der Waals surface area contributed by atoms with E-state index in [4.69, 9.17) is 0 Å². The highest BCUT2D eigenvalue weighted by Crippen LogP contribution is 2.14. The van der Waals surface area contributed by atoms with Crippen molar-refractivity contribution < 1.29 is 4.79 Å². The fourth-order valence-corrected chi connectivity index (χ4v) is 3.98. The summed E-state index contributed by atoms with van der Waals surface area (Å²) in [5, 5.41) is 3.63. The molecule has 150 valence electrons. The monoisotopic (exact) mass is 390 g/mol. The zero-order valence-electron chi connectivity index (χ0n) is 16.7. The topological polar surface area (TPSA) is 67.2 Å². The van der Waals surface area contributed by atoms with Gasteiger partial charge in [-0.1, -0.05) is 19.1 Å². The second-order valence-corrected chi connectivity index (χ2v) is 7.50. The van der Waals surface area contributed by atoms with Gasteiger partial charge < -0.3 is 5.32 Å². The van der Waals surface area contributed by atoms with E-state index in [0.717, 1.165) is 19.5 Å². The molecule has 2 heterocycles. The van der Waals surface area contributed by atoms with Crippen LogP contribution in [-0.4, -0.2) is 46.0 Å². The molecule has 29 heavy (non-hydrogen) atoms. The Morgan fingerprint density at radius 3 is 2.55 bits per heavy atom. The van der Waals surface area contributed by atoms with Crippen LogP contribution in [0.5, 0.6) is 0 Å². The van der Waals surface area contributed by atoms with Crippen LogP contribution in [0.15, 0.2) is 59.7 Å². The summed E-state index contributed by atoms with van der Waals surface area (Å²) in [7, 11) is 0. The van der Waals surface area contributed by atoms with E-state index < -0.39 is 0 Å². The first kappa shape index (κ1) is 19.3. The summed E-state index contributed by atoms with van der Waals surface area (Å²) in [5.41, 5.74) is 1.83. The molecule has 4 rings (SSSR count). The predicted molar refractivity (Wildman–Crippen MR) is 115 cm³/mol. The minimum Gasteiger partial charge on any atom is -0.350 e. The number of carbonyl (C=O) groups excluding carboxylic acids is 1. The van der Waals surface area contributed by atoms with Crippen molar-refractivity contribution in [3.05, 3.63) is 70.8 Å². The smallest absolute Gasteiger partial charge is 0.265 e. The number of benzene rings is 2. The van der Waals surface area contributed by atoms with Crippen LogP contribution in [0.25, 0.3) is 16.6 Å². The van der Waals surface area contributed by atoms with Crippen LogP contribution in [-0.2, 0) is 0 Å². The lowest BCUT2D eigenvalue weighted by Gasteiger charge is -2.26. The van der Waals surface area contributed by atoms with Crippen LogP contribution < -0.4 is 10.9 Å². The highest BCUT2D eigenvalue weighted by molar-refractivity contribution is 5.94. The van der Waals surface area contributed by atoms with E-state index in [-0.39, 0.29) is 11.5 Å². The van der Waals surface area contributed by atoms with Crippen molar-refractivity contribution in [2.24, 2.45) is 0 Å². The van der Waals surface area contributed by atoms with Crippen molar-refractivity contribution in [3.8, 4) is 5.69 Å². The number of aromatic nitrogens is 2. The normalized spacial score (nSPS) is 15.5. The first-order chi connectivity index (χ1) is 14.2. The van der Waals surface area contributed by atoms with Crippen molar-refractivity contribution in [3.63, 3.8) is 0 Å². The van der Waals surface area contributed by atoms with Crippen LogP contribution in [0, 0.1) is 0 Å². The third-order valence-corrected chi connectivity index (χ3v) is 5.70. The lowest BCUT2D eigenvalue weighted by molar-refractivity contribution is 0.0937. The number of hydrogen-bond donors (Lipinski definition) is 1. The van der Waals surface area contributed by atoms with Gasteiger partial charge in [-0.3, -0.25) is 19.1 Å². The number of hydrogen-bond acceptors (Lipinski definition) is 4. The number of likely N-dealkylation sites (tertiary alicyclic amines) is 1. The highest BCUT2D eigenvalue weighted by atomic mass is 16.1. The fourth-order valence-electron chi connectivity index (χ4n) is 3.98. The van der Waals surface area contributed by atoms with Crippen molar-refractivity contribution in [1.29, 1.82) is 0 Å². The molecule has 0 bridgehead atoms. The Bertz CT molecular complexity index is 1050. The quantitative estimate of drug-likeness (QED) is 0.703. The zero-order valence-corrected chi connectivity index (χ0v) is 16.7. The molecule has 6 nitrogen and oxygen atoms in total. The van der Waals surface area contributed by atoms with Crippen LogP contribution in [0.2, 0.25) is 0 Å². The Kier molecular flexibility index (Phi) is 5.71. The molecule has 1 aromatic heterocycles. The minimum atomic E-state index is -0.121. The molecule has 1 amide bonds. The summed E-state index contributed by atoms with van der Waals surface area (Å²) in [6, 6.07) is 14.7. The lowest BCUT2D eigenvalue weighted by Crippen LogP contribution is -2.42. The van der Waals surface area contributed by atoms with Gasteiger partial charge >= 0.3 is 0 Å². The maximum Gasteiger partial charge on any atom is 0.265 e. The fraction of sp³-hybridized carbons (Fsp3) is 0.348. The van der Waals surface area contributed by atoms with E-state index in [2.05, 4.69) is 22.1 Å². The van der Waals surface area contributed by atoms with E-state index in [1.165, 1.54) is 23.7 Å². The number of amides is 1. The van der Waals surface area contributed by atoms with Crippen molar-refractivity contribution in [1.82, 2.24) is 19.8 Å². The van der Waals surface area contributed by atoms with Gasteiger partial charge in [-0.05, 0) is 68.8 Å². The molecule has 0 aliphatic carbocycles. The number of fused-ring (bicyclic) bond motifs is 1. The van der Waals surface area contributed by atoms with Crippen molar-refractivity contribution in [2.45, 2.75) is 32.2 Å². The summed E-state index contributed by atoms with van der Waals surface area (Å²) in [4.78, 5) is 32.1. The summed E-state index contributed by atoms with van der Waals surface area (Å²) >= 11 is 0. The SMILES string of the molecule is CCC(CNC(=O)c1ccc(-n2cnc3ccccc3c2=O)cc1)N1CCCC1. The first-order valence-corrected chi connectivity index (χ1v) is 10.3. The maximum absolute atomic E-state index is 12.7. The standard InChI is InChI=1S/C23H26N4O2/c1-2-18(26-13-5-6-14-26)15-24-22(28)17-9-11-19(12-10-17)27-16-25-21-8-4-3-7-20(21)23(27)29/h3-4,7-12,16,18H,2,5-6,13-15H2,1H3,(H,24,28). The van der Waals surface area contributed by atoms with Gasteiger partial charge in [0.05, 0.1) is 16.6 Å². The number of carbonyl (C=O) groups is 1. The van der Waals surface area contributed by atoms with Crippen molar-refractivity contribution >= 4 is 16.8 Å². The van der Waals surface area contributed by atoms with E-state index in [1.807, 2.05) is 18.2 Å². The van der Waals surface area contributed by atoms with Gasteiger partial charge in [0.1, 0.15) is 6.33 Å². The summed E-state index contributed by atoms with van der Waals surface area (Å²) < 4.78 is 1.50. The van der Waals surface area contributed by atoms with Gasteiger partial charge in [-0.25, -0.2) is 4.98 Å². The minimum absolute atomic E-state index is 0.0850. The molecule has 2 aromatic carbocycles. The molecular weight excluding hydrogens is 364 g/mol. The molecule has 0 saturated carbocycles. The van der Waals surface area contributed by atoms with Crippen LogP contribution in [0.3, 0.4) is 0 Å². The summed E-state index contributed by atoms with van der Waals surface area (Å²) in [6.45, 7) is 5.07. The Labute approximate surface area is 170 Å². The largest absolute Gasteiger partial charge is 0.350 e. The number of nitrogens with zero attached hydrogens (tertiary/aromatic N) is 3. The molecule has 6 heteroatoms. The second-order valence-electron chi connectivity index (χ2n) is 7.50.